The minimum atomic E-state index is 0.187. The monoisotopic (exact) mass is 264 g/mol. The molecule has 0 unspecified atom stereocenters. The van der Waals surface area contributed by atoms with Gasteiger partial charge in [0.05, 0.1) is 6.54 Å². The lowest BCUT2D eigenvalue weighted by molar-refractivity contribution is -0.685. The molecule has 2 aromatic heterocycles. The third-order valence-corrected chi connectivity index (χ3v) is 4.79. The predicted octanol–water partition coefficient (Wildman–Crippen LogP) is 1.43. The maximum Gasteiger partial charge on any atom is 0.231 e. The van der Waals surface area contributed by atoms with Gasteiger partial charge >= 0.3 is 0 Å². The summed E-state index contributed by atoms with van der Waals surface area (Å²) in [6, 6.07) is 0. The number of nitrogen functional groups attached to an aromatic ring is 1. The van der Waals surface area contributed by atoms with Crippen molar-refractivity contribution in [2.45, 2.75) is 38.6 Å². The normalized spacial score (nSPS) is 14.9. The fourth-order valence-corrected chi connectivity index (χ4v) is 3.89. The highest BCUT2D eigenvalue weighted by atomic mass is 32.1. The topological polar surface area (TPSA) is 63.0 Å². The maximum absolute atomic E-state index is 8.91. The van der Waals surface area contributed by atoms with Gasteiger partial charge in [-0.2, -0.15) is 0 Å². The summed E-state index contributed by atoms with van der Waals surface area (Å²) in [5.74, 6) is 0.813. The summed E-state index contributed by atoms with van der Waals surface area (Å²) < 4.78 is 1.96. The van der Waals surface area contributed by atoms with Crippen LogP contribution < -0.4 is 10.3 Å². The van der Waals surface area contributed by atoms with E-state index in [1.807, 2.05) is 4.57 Å². The van der Waals surface area contributed by atoms with Crippen molar-refractivity contribution in [2.24, 2.45) is 0 Å². The van der Waals surface area contributed by atoms with Gasteiger partial charge in [-0.05, 0) is 31.2 Å². The number of hydrogen-bond acceptors (Lipinski definition) is 4. The Bertz CT molecular complexity index is 579. The lowest BCUT2D eigenvalue weighted by atomic mass is 9.97. The minimum absolute atomic E-state index is 0.187. The first-order valence-electron chi connectivity index (χ1n) is 6.50. The number of nitrogens with two attached hydrogens (primary N) is 1. The van der Waals surface area contributed by atoms with Gasteiger partial charge in [-0.15, -0.1) is 11.3 Å². The molecule has 4 nitrogen and oxygen atoms in total. The molecule has 0 saturated heterocycles. The zero-order valence-electron chi connectivity index (χ0n) is 10.4. The van der Waals surface area contributed by atoms with E-state index >= 15 is 0 Å². The Morgan fingerprint density at radius 3 is 3.06 bits per heavy atom. The van der Waals surface area contributed by atoms with Crippen LogP contribution in [0.5, 0.6) is 0 Å². The molecule has 2 aromatic rings. The Hall–Kier alpha value is -1.20. The van der Waals surface area contributed by atoms with Gasteiger partial charge in [-0.25, -0.2) is 4.57 Å². The lowest BCUT2D eigenvalue weighted by Gasteiger charge is -2.10. The number of rotatable bonds is 3. The molecular weight excluding hydrogens is 246 g/mol. The smallest absolute Gasteiger partial charge is 0.231 e. The number of aliphatic hydroxyl groups excluding tert-OH is 1. The molecule has 0 amide bonds. The number of aryl methyl sites for hydroxylation is 3. The Kier molecular flexibility index (Phi) is 3.18. The Balaban J connectivity index is 2.11. The van der Waals surface area contributed by atoms with Gasteiger partial charge in [0.2, 0.25) is 17.0 Å². The van der Waals surface area contributed by atoms with Crippen LogP contribution in [-0.2, 0) is 19.4 Å². The molecule has 0 bridgehead atoms. The van der Waals surface area contributed by atoms with E-state index in [0.29, 0.717) is 6.42 Å². The molecule has 0 saturated carbocycles. The first kappa shape index (κ1) is 11.9. The molecule has 0 aromatic carbocycles. The fraction of sp³-hybridized carbons (Fsp3) is 0.538. The van der Waals surface area contributed by atoms with E-state index in [1.165, 1.54) is 29.7 Å². The first-order chi connectivity index (χ1) is 8.81. The van der Waals surface area contributed by atoms with Crippen molar-refractivity contribution < 1.29 is 9.67 Å². The average Bonchev–Trinajstić information content (AvgIpc) is 2.77. The van der Waals surface area contributed by atoms with Crippen LogP contribution in [0, 0.1) is 0 Å². The molecule has 0 fully saturated rings. The number of fused-ring (bicyclic) bond motifs is 3. The molecule has 18 heavy (non-hydrogen) atoms. The molecular formula is C13H18N3OS+. The Morgan fingerprint density at radius 1 is 1.39 bits per heavy atom. The second-order valence-electron chi connectivity index (χ2n) is 4.79. The SMILES string of the molecule is Nc1c2c3c(sc2nc[n+]1CCCO)CCCC3. The van der Waals surface area contributed by atoms with Crippen LogP contribution in [0.2, 0.25) is 0 Å². The molecule has 5 heteroatoms. The molecule has 96 valence electrons. The fourth-order valence-electron chi connectivity index (χ4n) is 2.65. The number of hydrogen-bond donors (Lipinski definition) is 2. The van der Waals surface area contributed by atoms with Crippen molar-refractivity contribution in [1.29, 1.82) is 0 Å². The van der Waals surface area contributed by atoms with Crippen LogP contribution in [0.1, 0.15) is 29.7 Å². The number of aliphatic hydroxyl groups is 1. The number of anilines is 1. The number of aromatic nitrogens is 2. The van der Waals surface area contributed by atoms with Crippen LogP contribution in [0.15, 0.2) is 6.33 Å². The lowest BCUT2D eigenvalue weighted by Crippen LogP contribution is -2.38. The Morgan fingerprint density at radius 2 is 2.22 bits per heavy atom. The Labute approximate surface area is 110 Å². The predicted molar refractivity (Wildman–Crippen MR) is 72.6 cm³/mol. The summed E-state index contributed by atoms with van der Waals surface area (Å²) in [6.45, 7) is 0.919. The van der Waals surface area contributed by atoms with Crippen molar-refractivity contribution in [2.75, 3.05) is 12.3 Å². The molecule has 0 radical (unpaired) electrons. The van der Waals surface area contributed by atoms with Gasteiger partial charge in [0, 0.05) is 17.9 Å². The molecule has 3 N–H and O–H groups in total. The standard InChI is InChI=1S/C13H17N3OS/c14-12-11-9-4-1-2-5-10(9)18-13(11)15-8-16(12)6-3-7-17/h8,14,17H,1-7H2/p+1. The van der Waals surface area contributed by atoms with Gasteiger partial charge in [-0.3, -0.25) is 0 Å². The van der Waals surface area contributed by atoms with E-state index < -0.39 is 0 Å². The van der Waals surface area contributed by atoms with Crippen molar-refractivity contribution in [1.82, 2.24) is 4.98 Å². The first-order valence-corrected chi connectivity index (χ1v) is 7.32. The van der Waals surface area contributed by atoms with Crippen LogP contribution in [0.25, 0.3) is 10.2 Å². The van der Waals surface area contributed by atoms with E-state index in [1.54, 1.807) is 17.7 Å². The van der Waals surface area contributed by atoms with E-state index in [2.05, 4.69) is 4.98 Å². The van der Waals surface area contributed by atoms with Crippen LogP contribution in [-0.4, -0.2) is 16.7 Å². The van der Waals surface area contributed by atoms with Gasteiger partial charge < -0.3 is 10.8 Å². The molecule has 0 spiro atoms. The van der Waals surface area contributed by atoms with E-state index in [0.717, 1.165) is 29.0 Å². The molecule has 0 atom stereocenters. The summed E-state index contributed by atoms with van der Waals surface area (Å²) in [6.07, 6.45) is 7.36. The molecule has 1 aliphatic rings. The highest BCUT2D eigenvalue weighted by Crippen LogP contribution is 2.36. The van der Waals surface area contributed by atoms with Gasteiger partial charge in [0.1, 0.15) is 5.39 Å². The minimum Gasteiger partial charge on any atom is -0.396 e. The summed E-state index contributed by atoms with van der Waals surface area (Å²) in [5, 5.41) is 10.1. The largest absolute Gasteiger partial charge is 0.396 e. The van der Waals surface area contributed by atoms with Gasteiger partial charge in [0.25, 0.3) is 0 Å². The van der Waals surface area contributed by atoms with E-state index in [-0.39, 0.29) is 6.61 Å². The highest BCUT2D eigenvalue weighted by Gasteiger charge is 2.23. The van der Waals surface area contributed by atoms with Crippen LogP contribution in [0.4, 0.5) is 5.82 Å². The molecule has 1 aliphatic carbocycles. The van der Waals surface area contributed by atoms with Crippen molar-refractivity contribution in [3.05, 3.63) is 16.8 Å². The number of thiophene rings is 1. The maximum atomic E-state index is 8.91. The van der Waals surface area contributed by atoms with Gasteiger partial charge in [-0.1, -0.05) is 4.98 Å². The molecule has 2 heterocycles. The van der Waals surface area contributed by atoms with Crippen molar-refractivity contribution >= 4 is 27.4 Å². The third-order valence-electron chi connectivity index (χ3n) is 3.59. The third kappa shape index (κ3) is 1.87. The zero-order valence-corrected chi connectivity index (χ0v) is 11.2. The second-order valence-corrected chi connectivity index (χ2v) is 5.88. The number of nitrogens with zero attached hydrogens (tertiary/aromatic N) is 2. The highest BCUT2D eigenvalue weighted by molar-refractivity contribution is 7.18. The quantitative estimate of drug-likeness (QED) is 0.824. The van der Waals surface area contributed by atoms with Crippen molar-refractivity contribution in [3.63, 3.8) is 0 Å². The summed E-state index contributed by atoms with van der Waals surface area (Å²) in [4.78, 5) is 7.06. The molecule has 0 aliphatic heterocycles. The van der Waals surface area contributed by atoms with Crippen LogP contribution >= 0.6 is 11.3 Å². The summed E-state index contributed by atoms with van der Waals surface area (Å²) in [7, 11) is 0. The summed E-state index contributed by atoms with van der Waals surface area (Å²) >= 11 is 1.79. The van der Waals surface area contributed by atoms with Gasteiger partial charge in [0.15, 0.2) is 0 Å². The molecule has 3 rings (SSSR count). The summed E-state index contributed by atoms with van der Waals surface area (Å²) in [5.41, 5.74) is 7.70. The van der Waals surface area contributed by atoms with E-state index in [4.69, 9.17) is 10.8 Å². The van der Waals surface area contributed by atoms with Crippen molar-refractivity contribution in [3.8, 4) is 0 Å². The second kappa shape index (κ2) is 4.82. The zero-order chi connectivity index (χ0) is 12.5. The van der Waals surface area contributed by atoms with Crippen LogP contribution in [0.3, 0.4) is 0 Å². The van der Waals surface area contributed by atoms with E-state index in [9.17, 15) is 0 Å². The average molecular weight is 264 g/mol.